The van der Waals surface area contributed by atoms with Gasteiger partial charge in [-0.25, -0.2) is 0 Å². The van der Waals surface area contributed by atoms with Crippen molar-refractivity contribution >= 4 is 10.9 Å². The van der Waals surface area contributed by atoms with E-state index < -0.39 is 0 Å². The smallest absolute Gasteiger partial charge is 0.0956 e. The molecular weight excluding hydrogens is 176 g/mol. The van der Waals surface area contributed by atoms with Gasteiger partial charge in [0.2, 0.25) is 0 Å². The Morgan fingerprint density at radius 2 is 2.21 bits per heavy atom. The second kappa shape index (κ2) is 3.42. The van der Waals surface area contributed by atoms with E-state index in [1.54, 1.807) is 0 Å². The molecule has 0 aliphatic carbocycles. The standard InChI is InChI=1S/C11H14N2O/c1-3-13-10(7-14)9-6-4-5-8(2)11(9)12-13/h4-6,14H,3,7H2,1-2H3. The Bertz CT molecular complexity index is 460. The van der Waals surface area contributed by atoms with Crippen LogP contribution in [0.3, 0.4) is 0 Å². The Hall–Kier alpha value is -1.35. The quantitative estimate of drug-likeness (QED) is 0.784. The largest absolute Gasteiger partial charge is 0.390 e. The zero-order valence-corrected chi connectivity index (χ0v) is 8.49. The SMILES string of the molecule is CCn1nc2c(C)cccc2c1CO. The Morgan fingerprint density at radius 1 is 1.43 bits per heavy atom. The van der Waals surface area contributed by atoms with Crippen molar-refractivity contribution in [1.29, 1.82) is 0 Å². The minimum atomic E-state index is 0.0494. The molecule has 1 aromatic heterocycles. The average molecular weight is 190 g/mol. The number of aliphatic hydroxyl groups excluding tert-OH is 1. The molecule has 0 spiro atoms. The number of aryl methyl sites for hydroxylation is 2. The van der Waals surface area contributed by atoms with E-state index >= 15 is 0 Å². The highest BCUT2D eigenvalue weighted by atomic mass is 16.3. The summed E-state index contributed by atoms with van der Waals surface area (Å²) in [6, 6.07) is 6.04. The molecule has 74 valence electrons. The fourth-order valence-electron chi connectivity index (χ4n) is 1.77. The van der Waals surface area contributed by atoms with Crippen LogP contribution in [0.1, 0.15) is 18.2 Å². The summed E-state index contributed by atoms with van der Waals surface area (Å²) in [5, 5.41) is 14.8. The number of aliphatic hydroxyl groups is 1. The second-order valence-corrected chi connectivity index (χ2v) is 3.39. The minimum absolute atomic E-state index is 0.0494. The lowest BCUT2D eigenvalue weighted by Crippen LogP contribution is -2.01. The van der Waals surface area contributed by atoms with Crippen molar-refractivity contribution in [3.05, 3.63) is 29.5 Å². The molecule has 14 heavy (non-hydrogen) atoms. The van der Waals surface area contributed by atoms with E-state index in [0.29, 0.717) is 0 Å². The third-order valence-electron chi connectivity index (χ3n) is 2.53. The maximum absolute atomic E-state index is 9.27. The highest BCUT2D eigenvalue weighted by Gasteiger charge is 2.09. The first-order valence-corrected chi connectivity index (χ1v) is 4.83. The van der Waals surface area contributed by atoms with Crippen molar-refractivity contribution in [1.82, 2.24) is 9.78 Å². The summed E-state index contributed by atoms with van der Waals surface area (Å²) in [7, 11) is 0. The number of aromatic nitrogens is 2. The first-order valence-electron chi connectivity index (χ1n) is 4.83. The highest BCUT2D eigenvalue weighted by molar-refractivity contribution is 5.84. The van der Waals surface area contributed by atoms with E-state index in [1.807, 2.05) is 36.7 Å². The first kappa shape index (κ1) is 9.21. The molecule has 1 heterocycles. The van der Waals surface area contributed by atoms with Crippen LogP contribution in [-0.4, -0.2) is 14.9 Å². The third kappa shape index (κ3) is 1.21. The molecule has 1 N–H and O–H groups in total. The van der Waals surface area contributed by atoms with Gasteiger partial charge in [-0.05, 0) is 19.4 Å². The van der Waals surface area contributed by atoms with Gasteiger partial charge in [-0.15, -0.1) is 0 Å². The Balaban J connectivity index is 2.79. The molecule has 3 heteroatoms. The van der Waals surface area contributed by atoms with Crippen molar-refractivity contribution in [2.75, 3.05) is 0 Å². The molecule has 0 amide bonds. The summed E-state index contributed by atoms with van der Waals surface area (Å²) in [6.07, 6.45) is 0. The summed E-state index contributed by atoms with van der Waals surface area (Å²) in [5.41, 5.74) is 3.06. The molecule has 3 nitrogen and oxygen atoms in total. The van der Waals surface area contributed by atoms with Crippen molar-refractivity contribution < 1.29 is 5.11 Å². The van der Waals surface area contributed by atoms with Gasteiger partial charge >= 0.3 is 0 Å². The number of fused-ring (bicyclic) bond motifs is 1. The fourth-order valence-corrected chi connectivity index (χ4v) is 1.77. The van der Waals surface area contributed by atoms with Crippen LogP contribution in [0.15, 0.2) is 18.2 Å². The minimum Gasteiger partial charge on any atom is -0.390 e. The second-order valence-electron chi connectivity index (χ2n) is 3.39. The molecular formula is C11H14N2O. The van der Waals surface area contributed by atoms with E-state index in [2.05, 4.69) is 5.10 Å². The molecule has 1 aromatic carbocycles. The van der Waals surface area contributed by atoms with Gasteiger partial charge in [0.05, 0.1) is 17.8 Å². The molecule has 0 atom stereocenters. The summed E-state index contributed by atoms with van der Waals surface area (Å²) < 4.78 is 1.86. The zero-order valence-electron chi connectivity index (χ0n) is 8.49. The molecule has 0 bridgehead atoms. The molecule has 0 aliphatic rings. The Morgan fingerprint density at radius 3 is 2.86 bits per heavy atom. The lowest BCUT2D eigenvalue weighted by molar-refractivity contribution is 0.270. The molecule has 0 aliphatic heterocycles. The predicted molar refractivity (Wildman–Crippen MR) is 56.1 cm³/mol. The molecule has 0 fully saturated rings. The molecule has 0 saturated carbocycles. The van der Waals surface area contributed by atoms with Gasteiger partial charge in [0.1, 0.15) is 0 Å². The Labute approximate surface area is 83.0 Å². The van der Waals surface area contributed by atoms with Crippen LogP contribution < -0.4 is 0 Å². The van der Waals surface area contributed by atoms with Crippen molar-refractivity contribution in [3.8, 4) is 0 Å². The highest BCUT2D eigenvalue weighted by Crippen LogP contribution is 2.21. The van der Waals surface area contributed by atoms with E-state index in [-0.39, 0.29) is 6.61 Å². The van der Waals surface area contributed by atoms with Crippen LogP contribution in [0.5, 0.6) is 0 Å². The average Bonchev–Trinajstić information content (AvgIpc) is 2.57. The summed E-state index contributed by atoms with van der Waals surface area (Å²) >= 11 is 0. The molecule has 0 unspecified atom stereocenters. The third-order valence-corrected chi connectivity index (χ3v) is 2.53. The van der Waals surface area contributed by atoms with E-state index in [1.165, 1.54) is 0 Å². The number of benzene rings is 1. The van der Waals surface area contributed by atoms with Gasteiger partial charge in [0.25, 0.3) is 0 Å². The summed E-state index contributed by atoms with van der Waals surface area (Å²) in [6.45, 7) is 4.91. The number of nitrogens with zero attached hydrogens (tertiary/aromatic N) is 2. The summed E-state index contributed by atoms with van der Waals surface area (Å²) in [4.78, 5) is 0. The lowest BCUT2D eigenvalue weighted by Gasteiger charge is -1.99. The van der Waals surface area contributed by atoms with E-state index in [4.69, 9.17) is 0 Å². The number of hydrogen-bond donors (Lipinski definition) is 1. The van der Waals surface area contributed by atoms with Crippen LogP contribution >= 0.6 is 0 Å². The van der Waals surface area contributed by atoms with Gasteiger partial charge in [-0.3, -0.25) is 4.68 Å². The topological polar surface area (TPSA) is 38.0 Å². The molecule has 0 radical (unpaired) electrons. The van der Waals surface area contributed by atoms with E-state index in [9.17, 15) is 5.11 Å². The van der Waals surface area contributed by atoms with Crippen molar-refractivity contribution in [2.45, 2.75) is 27.0 Å². The first-order chi connectivity index (χ1) is 6.77. The zero-order chi connectivity index (χ0) is 10.1. The lowest BCUT2D eigenvalue weighted by atomic mass is 10.1. The van der Waals surface area contributed by atoms with E-state index in [0.717, 1.165) is 28.7 Å². The summed E-state index contributed by atoms with van der Waals surface area (Å²) in [5.74, 6) is 0. The number of rotatable bonds is 2. The van der Waals surface area contributed by atoms with Crippen LogP contribution in [0, 0.1) is 6.92 Å². The normalized spacial score (nSPS) is 11.1. The monoisotopic (exact) mass is 190 g/mol. The molecule has 0 saturated heterocycles. The Kier molecular flexibility index (Phi) is 2.25. The van der Waals surface area contributed by atoms with Gasteiger partial charge in [0, 0.05) is 11.9 Å². The fraction of sp³-hybridized carbons (Fsp3) is 0.364. The maximum atomic E-state index is 9.27. The van der Waals surface area contributed by atoms with Crippen LogP contribution in [0.25, 0.3) is 10.9 Å². The van der Waals surface area contributed by atoms with Gasteiger partial charge in [0.15, 0.2) is 0 Å². The predicted octanol–water partition coefficient (Wildman–Crippen LogP) is 1.86. The van der Waals surface area contributed by atoms with Crippen molar-refractivity contribution in [2.24, 2.45) is 0 Å². The molecule has 2 rings (SSSR count). The van der Waals surface area contributed by atoms with Gasteiger partial charge in [-0.1, -0.05) is 18.2 Å². The van der Waals surface area contributed by atoms with Crippen molar-refractivity contribution in [3.63, 3.8) is 0 Å². The number of hydrogen-bond acceptors (Lipinski definition) is 2. The van der Waals surface area contributed by atoms with Crippen LogP contribution in [-0.2, 0) is 13.2 Å². The van der Waals surface area contributed by atoms with Crippen LogP contribution in [0.4, 0.5) is 0 Å². The van der Waals surface area contributed by atoms with Gasteiger partial charge < -0.3 is 5.11 Å². The van der Waals surface area contributed by atoms with Crippen LogP contribution in [0.2, 0.25) is 0 Å². The van der Waals surface area contributed by atoms with Gasteiger partial charge in [-0.2, -0.15) is 5.10 Å². The molecule has 2 aromatic rings. The maximum Gasteiger partial charge on any atom is 0.0956 e.